The van der Waals surface area contributed by atoms with Crippen LogP contribution in [0, 0.1) is 6.92 Å². The van der Waals surface area contributed by atoms with Crippen molar-refractivity contribution in [2.24, 2.45) is 0 Å². The highest BCUT2D eigenvalue weighted by Crippen LogP contribution is 2.35. The number of nitrogens with zero attached hydrogens (tertiary/aromatic N) is 1. The summed E-state index contributed by atoms with van der Waals surface area (Å²) in [5.74, 6) is 0.806. The van der Waals surface area contributed by atoms with Gasteiger partial charge in [-0.3, -0.25) is 4.79 Å². The molecule has 3 rings (SSSR count). The van der Waals surface area contributed by atoms with Crippen molar-refractivity contribution in [3.05, 3.63) is 59.7 Å². The van der Waals surface area contributed by atoms with Crippen LogP contribution in [0.3, 0.4) is 0 Å². The van der Waals surface area contributed by atoms with Crippen LogP contribution in [-0.4, -0.2) is 31.3 Å². The molecule has 0 N–H and O–H groups in total. The maximum absolute atomic E-state index is 12.8. The number of fused-ring (bicyclic) bond motifs is 1. The van der Waals surface area contributed by atoms with E-state index in [1.165, 1.54) is 0 Å². The minimum Gasteiger partial charge on any atom is -0.455 e. The lowest BCUT2D eigenvalue weighted by Crippen LogP contribution is -2.16. The van der Waals surface area contributed by atoms with Crippen LogP contribution in [0.5, 0.6) is 0 Å². The van der Waals surface area contributed by atoms with Crippen molar-refractivity contribution in [1.82, 2.24) is 4.90 Å². The first-order valence-corrected chi connectivity index (χ1v) is 7.83. The van der Waals surface area contributed by atoms with Gasteiger partial charge in [0.25, 0.3) is 0 Å². The summed E-state index contributed by atoms with van der Waals surface area (Å²) in [7, 11) is 3.95. The summed E-state index contributed by atoms with van der Waals surface area (Å²) in [6.45, 7) is 2.74. The molecular formula is C20H21NO2. The molecule has 1 heterocycles. The molecule has 1 aromatic heterocycles. The van der Waals surface area contributed by atoms with Gasteiger partial charge in [-0.1, -0.05) is 48.5 Å². The van der Waals surface area contributed by atoms with Gasteiger partial charge in [0.05, 0.1) is 5.56 Å². The van der Waals surface area contributed by atoms with Crippen LogP contribution >= 0.6 is 0 Å². The van der Waals surface area contributed by atoms with Crippen molar-refractivity contribution in [3.8, 4) is 11.3 Å². The molecule has 0 atom stereocenters. The van der Waals surface area contributed by atoms with E-state index in [1.807, 2.05) is 74.4 Å². The molecule has 0 amide bonds. The Kier molecular flexibility index (Phi) is 4.30. The van der Waals surface area contributed by atoms with Crippen molar-refractivity contribution in [2.75, 3.05) is 20.6 Å². The normalized spacial score (nSPS) is 11.3. The molecule has 0 aliphatic rings. The monoisotopic (exact) mass is 307 g/mol. The Bertz CT molecular complexity index is 831. The van der Waals surface area contributed by atoms with Crippen LogP contribution in [0.4, 0.5) is 0 Å². The number of para-hydroxylation sites is 1. The third kappa shape index (κ3) is 3.06. The summed E-state index contributed by atoms with van der Waals surface area (Å²) in [6, 6.07) is 15.8. The summed E-state index contributed by atoms with van der Waals surface area (Å²) in [5.41, 5.74) is 3.50. The summed E-state index contributed by atoms with van der Waals surface area (Å²) in [6.07, 6.45) is 0.482. The quantitative estimate of drug-likeness (QED) is 0.649. The minimum atomic E-state index is 0.127. The molecule has 0 saturated carbocycles. The molecule has 0 bridgehead atoms. The van der Waals surface area contributed by atoms with Gasteiger partial charge < -0.3 is 9.32 Å². The van der Waals surface area contributed by atoms with E-state index >= 15 is 0 Å². The molecule has 0 unspecified atom stereocenters. The Morgan fingerprint density at radius 2 is 1.78 bits per heavy atom. The van der Waals surface area contributed by atoms with Crippen LogP contribution < -0.4 is 0 Å². The van der Waals surface area contributed by atoms with Crippen LogP contribution in [0.25, 0.3) is 22.3 Å². The van der Waals surface area contributed by atoms with Gasteiger partial charge in [-0.05, 0) is 26.6 Å². The average molecular weight is 307 g/mol. The fourth-order valence-electron chi connectivity index (χ4n) is 2.78. The van der Waals surface area contributed by atoms with E-state index in [0.717, 1.165) is 28.6 Å². The van der Waals surface area contributed by atoms with E-state index in [4.69, 9.17) is 4.42 Å². The number of carbonyl (C=O) groups excluding carboxylic acids is 1. The summed E-state index contributed by atoms with van der Waals surface area (Å²) >= 11 is 0. The predicted molar refractivity (Wildman–Crippen MR) is 93.9 cm³/mol. The average Bonchev–Trinajstić information content (AvgIpc) is 2.94. The number of hydrogen-bond acceptors (Lipinski definition) is 3. The van der Waals surface area contributed by atoms with Crippen LogP contribution in [0.2, 0.25) is 0 Å². The number of carbonyl (C=O) groups is 1. The molecule has 0 spiro atoms. The van der Waals surface area contributed by atoms with Crippen LogP contribution in [0.15, 0.2) is 52.9 Å². The number of aryl methyl sites for hydroxylation is 1. The van der Waals surface area contributed by atoms with E-state index in [1.54, 1.807) is 0 Å². The lowest BCUT2D eigenvalue weighted by molar-refractivity contribution is 0.0974. The molecular weight excluding hydrogens is 286 g/mol. The van der Waals surface area contributed by atoms with Crippen molar-refractivity contribution < 1.29 is 9.21 Å². The maximum atomic E-state index is 12.8. The molecule has 23 heavy (non-hydrogen) atoms. The first-order chi connectivity index (χ1) is 11.1. The second kappa shape index (κ2) is 6.39. The third-order valence-corrected chi connectivity index (χ3v) is 4.01. The lowest BCUT2D eigenvalue weighted by atomic mass is 9.99. The zero-order valence-electron chi connectivity index (χ0n) is 13.8. The Balaban J connectivity index is 2.17. The highest BCUT2D eigenvalue weighted by atomic mass is 16.3. The van der Waals surface area contributed by atoms with Gasteiger partial charge in [-0.2, -0.15) is 0 Å². The van der Waals surface area contributed by atoms with Crippen molar-refractivity contribution in [3.63, 3.8) is 0 Å². The van der Waals surface area contributed by atoms with Gasteiger partial charge in [0, 0.05) is 23.9 Å². The molecule has 0 aliphatic heterocycles. The highest BCUT2D eigenvalue weighted by molar-refractivity contribution is 6.12. The maximum Gasteiger partial charge on any atom is 0.168 e. The number of furan rings is 1. The molecule has 118 valence electrons. The minimum absolute atomic E-state index is 0.127. The Morgan fingerprint density at radius 1 is 1.04 bits per heavy atom. The Morgan fingerprint density at radius 3 is 2.48 bits per heavy atom. The predicted octanol–water partition coefficient (Wildman–Crippen LogP) is 4.54. The molecule has 0 fully saturated rings. The van der Waals surface area contributed by atoms with Gasteiger partial charge in [0.1, 0.15) is 11.3 Å². The van der Waals surface area contributed by atoms with Crippen LogP contribution in [-0.2, 0) is 0 Å². The van der Waals surface area contributed by atoms with Gasteiger partial charge in [0.15, 0.2) is 5.78 Å². The van der Waals surface area contributed by atoms with E-state index < -0.39 is 0 Å². The largest absolute Gasteiger partial charge is 0.455 e. The zero-order valence-corrected chi connectivity index (χ0v) is 13.8. The van der Waals surface area contributed by atoms with Crippen molar-refractivity contribution >= 4 is 16.8 Å². The number of ketones is 1. The van der Waals surface area contributed by atoms with Crippen LogP contribution in [0.1, 0.15) is 22.3 Å². The highest BCUT2D eigenvalue weighted by Gasteiger charge is 2.22. The molecule has 3 aromatic rings. The molecule has 2 aromatic carbocycles. The number of hydrogen-bond donors (Lipinski definition) is 0. The van der Waals surface area contributed by atoms with Gasteiger partial charge in [0.2, 0.25) is 0 Å². The zero-order chi connectivity index (χ0) is 16.4. The lowest BCUT2D eigenvalue weighted by Gasteiger charge is -2.08. The van der Waals surface area contributed by atoms with E-state index in [0.29, 0.717) is 17.7 Å². The Labute approximate surface area is 136 Å². The molecule has 3 heteroatoms. The number of benzene rings is 2. The van der Waals surface area contributed by atoms with Gasteiger partial charge >= 0.3 is 0 Å². The SMILES string of the molecule is Cc1cccc2c(C(=O)CCN(C)C)c(-c3ccccc3)oc12. The first kappa shape index (κ1) is 15.5. The summed E-state index contributed by atoms with van der Waals surface area (Å²) in [5, 5.41) is 0.910. The summed E-state index contributed by atoms with van der Waals surface area (Å²) in [4.78, 5) is 14.9. The number of rotatable bonds is 5. The standard InChI is InChI=1S/C20H21NO2/c1-14-8-7-11-16-18(17(22)12-13-21(2)3)20(23-19(14)16)15-9-5-4-6-10-15/h4-11H,12-13H2,1-3H3. The number of Topliss-reactive ketones (excluding diaryl/α,β-unsaturated/α-hetero) is 1. The second-order valence-electron chi connectivity index (χ2n) is 6.10. The second-order valence-corrected chi connectivity index (χ2v) is 6.10. The summed E-state index contributed by atoms with van der Waals surface area (Å²) < 4.78 is 6.11. The first-order valence-electron chi connectivity index (χ1n) is 7.83. The van der Waals surface area contributed by atoms with E-state index in [-0.39, 0.29) is 5.78 Å². The third-order valence-electron chi connectivity index (χ3n) is 4.01. The Hall–Kier alpha value is -2.39. The van der Waals surface area contributed by atoms with Gasteiger partial charge in [-0.25, -0.2) is 0 Å². The molecule has 3 nitrogen and oxygen atoms in total. The molecule has 0 radical (unpaired) electrons. The van der Waals surface area contributed by atoms with Crippen molar-refractivity contribution in [2.45, 2.75) is 13.3 Å². The fraction of sp³-hybridized carbons (Fsp3) is 0.250. The van der Waals surface area contributed by atoms with Crippen molar-refractivity contribution in [1.29, 1.82) is 0 Å². The molecule has 0 aliphatic carbocycles. The topological polar surface area (TPSA) is 33.5 Å². The smallest absolute Gasteiger partial charge is 0.168 e. The fourth-order valence-corrected chi connectivity index (χ4v) is 2.78. The van der Waals surface area contributed by atoms with E-state index in [2.05, 4.69) is 0 Å². The van der Waals surface area contributed by atoms with E-state index in [9.17, 15) is 4.79 Å². The molecule has 0 saturated heterocycles. The van der Waals surface area contributed by atoms with Gasteiger partial charge in [-0.15, -0.1) is 0 Å².